The second-order valence-corrected chi connectivity index (χ2v) is 9.34. The first-order valence-electron chi connectivity index (χ1n) is 8.19. The number of rotatable bonds is 7. The van der Waals surface area contributed by atoms with Gasteiger partial charge in [0.05, 0.1) is 4.34 Å². The molecule has 3 aromatic heterocycles. The third-order valence-electron chi connectivity index (χ3n) is 3.73. The van der Waals surface area contributed by atoms with Crippen molar-refractivity contribution in [3.05, 3.63) is 58.9 Å². The molecule has 0 aliphatic heterocycles. The van der Waals surface area contributed by atoms with Crippen molar-refractivity contribution < 1.29 is 13.2 Å². The summed E-state index contributed by atoms with van der Waals surface area (Å²) in [5.74, 6) is 0.930. The Kier molecular flexibility index (Phi) is 5.27. The van der Waals surface area contributed by atoms with E-state index in [2.05, 4.69) is 20.0 Å². The summed E-state index contributed by atoms with van der Waals surface area (Å²) in [5, 5.41) is 12.6. The van der Waals surface area contributed by atoms with Crippen LogP contribution in [0, 0.1) is 0 Å². The molecule has 0 bridgehead atoms. The number of thiophene rings is 1. The minimum absolute atomic E-state index is 0.0886. The van der Waals surface area contributed by atoms with Gasteiger partial charge < -0.3 is 4.74 Å². The molecule has 0 fully saturated rings. The maximum atomic E-state index is 12.1. The van der Waals surface area contributed by atoms with Crippen molar-refractivity contribution in [1.29, 1.82) is 0 Å². The van der Waals surface area contributed by atoms with Gasteiger partial charge in [0.25, 0.3) is 0 Å². The van der Waals surface area contributed by atoms with E-state index in [1.165, 1.54) is 6.07 Å². The highest BCUT2D eigenvalue weighted by Crippen LogP contribution is 2.25. The topological polar surface area (TPSA) is 98.5 Å². The van der Waals surface area contributed by atoms with Crippen LogP contribution < -0.4 is 9.46 Å². The summed E-state index contributed by atoms with van der Waals surface area (Å²) < 4.78 is 34.5. The summed E-state index contributed by atoms with van der Waals surface area (Å²) in [4.78, 5) is 0. The van der Waals surface area contributed by atoms with Gasteiger partial charge in [-0.25, -0.2) is 13.1 Å². The highest BCUT2D eigenvalue weighted by Gasteiger charge is 2.16. The first kappa shape index (κ1) is 18.8. The number of halogens is 1. The first-order valence-corrected chi connectivity index (χ1v) is 10.9. The molecule has 1 aromatic carbocycles. The van der Waals surface area contributed by atoms with E-state index in [9.17, 15) is 8.42 Å². The van der Waals surface area contributed by atoms with Gasteiger partial charge in [-0.2, -0.15) is 4.52 Å². The first-order chi connectivity index (χ1) is 13.5. The molecule has 0 amide bonds. The zero-order valence-electron chi connectivity index (χ0n) is 14.3. The fourth-order valence-electron chi connectivity index (χ4n) is 2.46. The second-order valence-electron chi connectivity index (χ2n) is 5.64. The molecule has 0 aliphatic rings. The Hall–Kier alpha value is -2.53. The van der Waals surface area contributed by atoms with Crippen LogP contribution in [0.2, 0.25) is 4.34 Å². The lowest BCUT2D eigenvalue weighted by molar-refractivity contribution is 0.306. The monoisotopic (exact) mass is 435 g/mol. The van der Waals surface area contributed by atoms with Gasteiger partial charge in [0.15, 0.2) is 11.5 Å². The zero-order valence-corrected chi connectivity index (χ0v) is 16.7. The smallest absolute Gasteiger partial charge is 0.250 e. The van der Waals surface area contributed by atoms with E-state index in [4.69, 9.17) is 16.3 Å². The fraction of sp³-hybridized carbons (Fsp3) is 0.118. The van der Waals surface area contributed by atoms with E-state index >= 15 is 0 Å². The van der Waals surface area contributed by atoms with Crippen LogP contribution >= 0.6 is 22.9 Å². The molecule has 0 aliphatic carbocycles. The number of fused-ring (bicyclic) bond motifs is 1. The van der Waals surface area contributed by atoms with Crippen LogP contribution in [0.1, 0.15) is 0 Å². The van der Waals surface area contributed by atoms with Gasteiger partial charge >= 0.3 is 0 Å². The van der Waals surface area contributed by atoms with E-state index in [-0.39, 0.29) is 17.4 Å². The minimum atomic E-state index is -3.60. The molecule has 0 atom stereocenters. The van der Waals surface area contributed by atoms with Gasteiger partial charge in [-0.3, -0.25) is 0 Å². The predicted octanol–water partition coefficient (Wildman–Crippen LogP) is 2.86. The number of benzene rings is 1. The number of hydrogen-bond acceptors (Lipinski definition) is 7. The van der Waals surface area contributed by atoms with Crippen molar-refractivity contribution in [2.45, 2.75) is 4.21 Å². The van der Waals surface area contributed by atoms with Crippen molar-refractivity contribution in [2.75, 3.05) is 13.2 Å². The number of nitrogens with zero attached hydrogens (tertiary/aromatic N) is 4. The largest absolute Gasteiger partial charge is 0.475 e. The average Bonchev–Trinajstić information content (AvgIpc) is 3.32. The van der Waals surface area contributed by atoms with Gasteiger partial charge in [0.2, 0.25) is 15.9 Å². The molecule has 0 spiro atoms. The fourth-order valence-corrected chi connectivity index (χ4v) is 5.00. The predicted molar refractivity (Wildman–Crippen MR) is 106 cm³/mol. The molecule has 3 heterocycles. The molecule has 144 valence electrons. The summed E-state index contributed by atoms with van der Waals surface area (Å²) in [6, 6.07) is 16.0. The molecule has 8 nitrogen and oxygen atoms in total. The van der Waals surface area contributed by atoms with E-state index in [1.807, 2.05) is 30.3 Å². The summed E-state index contributed by atoms with van der Waals surface area (Å²) >= 11 is 6.78. The van der Waals surface area contributed by atoms with E-state index in [0.717, 1.165) is 16.9 Å². The van der Waals surface area contributed by atoms with Crippen LogP contribution in [0.3, 0.4) is 0 Å². The van der Waals surface area contributed by atoms with E-state index in [0.29, 0.717) is 21.7 Å². The number of ether oxygens (including phenoxy) is 1. The zero-order chi connectivity index (χ0) is 19.6. The van der Waals surface area contributed by atoms with Crippen LogP contribution in [0.25, 0.3) is 17.0 Å². The lowest BCUT2D eigenvalue weighted by Gasteiger charge is -2.07. The van der Waals surface area contributed by atoms with Crippen LogP contribution in [0.5, 0.6) is 5.88 Å². The van der Waals surface area contributed by atoms with Crippen LogP contribution in [0.4, 0.5) is 0 Å². The van der Waals surface area contributed by atoms with Crippen LogP contribution in [0.15, 0.2) is 58.8 Å². The third kappa shape index (κ3) is 3.99. The summed E-state index contributed by atoms with van der Waals surface area (Å²) in [5.41, 5.74) is 1.46. The molecule has 0 unspecified atom stereocenters. The SMILES string of the molecule is O=S(=O)(NCCOc1ccc2nnc(-c3ccccc3)n2n1)c1ccc(Cl)s1. The summed E-state index contributed by atoms with van der Waals surface area (Å²) in [6.07, 6.45) is 0. The quantitative estimate of drug-likeness (QED) is 0.448. The van der Waals surface area contributed by atoms with Crippen molar-refractivity contribution >= 4 is 38.6 Å². The maximum Gasteiger partial charge on any atom is 0.250 e. The highest BCUT2D eigenvalue weighted by atomic mass is 35.5. The molecule has 4 aromatic rings. The van der Waals surface area contributed by atoms with E-state index in [1.54, 1.807) is 22.7 Å². The van der Waals surface area contributed by atoms with Gasteiger partial charge in [0, 0.05) is 18.2 Å². The molecule has 1 N–H and O–H groups in total. The molecular formula is C17H14ClN5O3S2. The number of nitrogens with one attached hydrogen (secondary N) is 1. The molecule has 28 heavy (non-hydrogen) atoms. The van der Waals surface area contributed by atoms with Crippen LogP contribution in [-0.2, 0) is 10.0 Å². The lowest BCUT2D eigenvalue weighted by Crippen LogP contribution is -2.27. The highest BCUT2D eigenvalue weighted by molar-refractivity contribution is 7.91. The Labute approximate surface area is 169 Å². The number of aromatic nitrogens is 4. The average molecular weight is 436 g/mol. The Morgan fingerprint density at radius 1 is 1.07 bits per heavy atom. The van der Waals surface area contributed by atoms with Gasteiger partial charge in [-0.05, 0) is 18.2 Å². The van der Waals surface area contributed by atoms with Crippen molar-refractivity contribution in [2.24, 2.45) is 0 Å². The van der Waals surface area contributed by atoms with Gasteiger partial charge in [0.1, 0.15) is 10.8 Å². The third-order valence-corrected chi connectivity index (χ3v) is 6.91. The molecule has 0 saturated carbocycles. The van der Waals surface area contributed by atoms with Crippen molar-refractivity contribution in [3.63, 3.8) is 0 Å². The Morgan fingerprint density at radius 2 is 1.89 bits per heavy atom. The molecule has 11 heteroatoms. The van der Waals surface area contributed by atoms with Gasteiger partial charge in [-0.15, -0.1) is 26.6 Å². The number of sulfonamides is 1. The molecule has 0 saturated heterocycles. The normalized spacial score (nSPS) is 11.8. The standard InChI is InChI=1S/C17H14ClN5O3S2/c18-13-6-9-16(27-13)28(24,25)19-10-11-26-15-8-7-14-20-21-17(23(14)22-15)12-4-2-1-3-5-12/h1-9,19H,10-11H2. The Morgan fingerprint density at radius 3 is 2.64 bits per heavy atom. The summed E-state index contributed by atoms with van der Waals surface area (Å²) in [6.45, 7) is 0.199. The van der Waals surface area contributed by atoms with E-state index < -0.39 is 10.0 Å². The lowest BCUT2D eigenvalue weighted by atomic mass is 10.2. The second kappa shape index (κ2) is 7.84. The maximum absolute atomic E-state index is 12.1. The molecular weight excluding hydrogens is 422 g/mol. The van der Waals surface area contributed by atoms with Crippen molar-refractivity contribution in [1.82, 2.24) is 24.5 Å². The molecule has 4 rings (SSSR count). The minimum Gasteiger partial charge on any atom is -0.475 e. The number of hydrogen-bond donors (Lipinski definition) is 1. The summed E-state index contributed by atoms with van der Waals surface area (Å²) in [7, 11) is -3.60. The molecule has 0 radical (unpaired) electrons. The Bertz CT molecular complexity index is 1210. The van der Waals surface area contributed by atoms with Crippen LogP contribution in [-0.4, -0.2) is 41.4 Å². The Balaban J connectivity index is 1.43. The van der Waals surface area contributed by atoms with Crippen molar-refractivity contribution in [3.8, 4) is 17.3 Å². The van der Waals surface area contributed by atoms with Gasteiger partial charge in [-0.1, -0.05) is 41.9 Å².